The Morgan fingerprint density at radius 3 is 2.65 bits per heavy atom. The van der Waals surface area contributed by atoms with Crippen LogP contribution in [0, 0.1) is 5.92 Å². The van der Waals surface area contributed by atoms with Gasteiger partial charge < -0.3 is 15.4 Å². The van der Waals surface area contributed by atoms with Gasteiger partial charge in [-0.05, 0) is 45.8 Å². The summed E-state index contributed by atoms with van der Waals surface area (Å²) in [5.41, 5.74) is 1.03. The monoisotopic (exact) mass is 276 g/mol. The second-order valence-electron chi connectivity index (χ2n) is 5.72. The van der Waals surface area contributed by atoms with Gasteiger partial charge in [0.1, 0.15) is 5.75 Å². The number of carbonyl (C=O) groups is 1. The molecule has 4 heteroatoms. The van der Waals surface area contributed by atoms with Crippen molar-refractivity contribution in [3.8, 4) is 5.75 Å². The first kappa shape index (κ1) is 14.9. The first-order chi connectivity index (χ1) is 9.56. The van der Waals surface area contributed by atoms with Gasteiger partial charge in [0.2, 0.25) is 5.91 Å². The predicted molar refractivity (Wildman–Crippen MR) is 79.7 cm³/mol. The maximum Gasteiger partial charge on any atom is 0.220 e. The van der Waals surface area contributed by atoms with Crippen molar-refractivity contribution < 1.29 is 9.53 Å². The highest BCUT2D eigenvalue weighted by Crippen LogP contribution is 2.26. The standard InChI is InChI=1S/C16H24N2O2/c1-11(2)20-15-7-5-4-6-14(15)12(3)18-16(19)8-13-9-17-10-13/h4-7,11-13,17H,8-10H2,1-3H3,(H,18,19). The highest BCUT2D eigenvalue weighted by molar-refractivity contribution is 5.77. The summed E-state index contributed by atoms with van der Waals surface area (Å²) < 4.78 is 5.80. The number of amides is 1. The van der Waals surface area contributed by atoms with Crippen LogP contribution in [0.3, 0.4) is 0 Å². The Kier molecular flexibility index (Phi) is 5.01. The van der Waals surface area contributed by atoms with Gasteiger partial charge in [-0.25, -0.2) is 0 Å². The third kappa shape index (κ3) is 3.97. The lowest BCUT2D eigenvalue weighted by molar-refractivity contribution is -0.123. The number of ether oxygens (including phenoxy) is 1. The summed E-state index contributed by atoms with van der Waals surface area (Å²) in [6.07, 6.45) is 0.727. The van der Waals surface area contributed by atoms with Crippen molar-refractivity contribution in [1.29, 1.82) is 0 Å². The molecule has 20 heavy (non-hydrogen) atoms. The summed E-state index contributed by atoms with van der Waals surface area (Å²) in [7, 11) is 0. The van der Waals surface area contributed by atoms with Crippen molar-refractivity contribution in [1.82, 2.24) is 10.6 Å². The fraction of sp³-hybridized carbons (Fsp3) is 0.562. The minimum absolute atomic E-state index is 0.0366. The fourth-order valence-corrected chi connectivity index (χ4v) is 2.33. The predicted octanol–water partition coefficient (Wildman–Crippen LogP) is 2.26. The lowest BCUT2D eigenvalue weighted by Gasteiger charge is -2.27. The van der Waals surface area contributed by atoms with Crippen LogP contribution < -0.4 is 15.4 Å². The van der Waals surface area contributed by atoms with Gasteiger partial charge in [-0.15, -0.1) is 0 Å². The largest absolute Gasteiger partial charge is 0.491 e. The average Bonchev–Trinajstić information content (AvgIpc) is 2.33. The minimum atomic E-state index is -0.0366. The van der Waals surface area contributed by atoms with E-state index in [1.54, 1.807) is 0 Å². The first-order valence-electron chi connectivity index (χ1n) is 7.32. The molecule has 1 aromatic carbocycles. The van der Waals surface area contributed by atoms with Crippen molar-refractivity contribution in [2.45, 2.75) is 39.3 Å². The first-order valence-corrected chi connectivity index (χ1v) is 7.32. The van der Waals surface area contributed by atoms with Crippen molar-refractivity contribution in [3.05, 3.63) is 29.8 Å². The Morgan fingerprint density at radius 2 is 2.05 bits per heavy atom. The van der Waals surface area contributed by atoms with Crippen molar-refractivity contribution in [2.24, 2.45) is 5.92 Å². The molecular formula is C16H24N2O2. The number of nitrogens with one attached hydrogen (secondary N) is 2. The van der Waals surface area contributed by atoms with Gasteiger partial charge in [-0.1, -0.05) is 18.2 Å². The average molecular weight is 276 g/mol. The van der Waals surface area contributed by atoms with Crippen LogP contribution in [0.25, 0.3) is 0 Å². The smallest absolute Gasteiger partial charge is 0.220 e. The molecular weight excluding hydrogens is 252 g/mol. The molecule has 2 N–H and O–H groups in total. The molecule has 0 aromatic heterocycles. The van der Waals surface area contributed by atoms with Gasteiger partial charge in [0.05, 0.1) is 12.1 Å². The third-order valence-corrected chi connectivity index (χ3v) is 3.47. The number of hydrogen-bond donors (Lipinski definition) is 2. The van der Waals surface area contributed by atoms with E-state index in [4.69, 9.17) is 4.74 Å². The molecule has 0 spiro atoms. The quantitative estimate of drug-likeness (QED) is 0.838. The van der Waals surface area contributed by atoms with E-state index in [0.717, 1.165) is 24.4 Å². The highest BCUT2D eigenvalue weighted by atomic mass is 16.5. The third-order valence-electron chi connectivity index (χ3n) is 3.47. The summed E-state index contributed by atoms with van der Waals surface area (Å²) in [6, 6.07) is 7.85. The normalized spacial score (nSPS) is 16.6. The lowest BCUT2D eigenvalue weighted by atomic mass is 9.98. The maximum atomic E-state index is 12.0. The van der Waals surface area contributed by atoms with Gasteiger partial charge in [0.25, 0.3) is 0 Å². The Bertz CT molecular complexity index is 456. The Morgan fingerprint density at radius 1 is 1.35 bits per heavy atom. The van der Waals surface area contributed by atoms with Crippen molar-refractivity contribution in [2.75, 3.05) is 13.1 Å². The minimum Gasteiger partial charge on any atom is -0.491 e. The summed E-state index contributed by atoms with van der Waals surface area (Å²) in [5, 5.41) is 6.24. The van der Waals surface area contributed by atoms with E-state index in [1.165, 1.54) is 0 Å². The van der Waals surface area contributed by atoms with E-state index in [2.05, 4.69) is 10.6 Å². The van der Waals surface area contributed by atoms with Gasteiger partial charge in [0.15, 0.2) is 0 Å². The van der Waals surface area contributed by atoms with Crippen LogP contribution in [0.4, 0.5) is 0 Å². The van der Waals surface area contributed by atoms with Crippen LogP contribution in [0.2, 0.25) is 0 Å². The molecule has 1 unspecified atom stereocenters. The van der Waals surface area contributed by atoms with Crippen LogP contribution in [0.5, 0.6) is 5.75 Å². The molecule has 0 radical (unpaired) electrons. The molecule has 1 atom stereocenters. The molecule has 1 aliphatic heterocycles. The van der Waals surface area contributed by atoms with E-state index >= 15 is 0 Å². The van der Waals surface area contributed by atoms with Crippen LogP contribution in [-0.4, -0.2) is 25.1 Å². The number of para-hydroxylation sites is 1. The summed E-state index contributed by atoms with van der Waals surface area (Å²) in [5.74, 6) is 1.45. The summed E-state index contributed by atoms with van der Waals surface area (Å²) >= 11 is 0. The molecule has 2 rings (SSSR count). The Balaban J connectivity index is 1.96. The molecule has 110 valence electrons. The summed E-state index contributed by atoms with van der Waals surface area (Å²) in [6.45, 7) is 7.91. The molecule has 0 saturated carbocycles. The van der Waals surface area contributed by atoms with Crippen LogP contribution in [0.1, 0.15) is 38.8 Å². The lowest BCUT2D eigenvalue weighted by Crippen LogP contribution is -2.44. The Hall–Kier alpha value is -1.55. The zero-order valence-corrected chi connectivity index (χ0v) is 12.5. The molecule has 4 nitrogen and oxygen atoms in total. The van der Waals surface area contributed by atoms with Crippen molar-refractivity contribution >= 4 is 5.91 Å². The van der Waals surface area contributed by atoms with Crippen molar-refractivity contribution in [3.63, 3.8) is 0 Å². The maximum absolute atomic E-state index is 12.0. The zero-order chi connectivity index (χ0) is 14.5. The molecule has 1 amide bonds. The van der Waals surface area contributed by atoms with Crippen LogP contribution in [-0.2, 0) is 4.79 Å². The number of benzene rings is 1. The molecule has 1 heterocycles. The van der Waals surface area contributed by atoms with E-state index in [0.29, 0.717) is 12.3 Å². The second-order valence-corrected chi connectivity index (χ2v) is 5.72. The van der Waals surface area contributed by atoms with E-state index in [1.807, 2.05) is 45.0 Å². The molecule has 1 fully saturated rings. The zero-order valence-electron chi connectivity index (χ0n) is 12.5. The Labute approximate surface area is 120 Å². The second kappa shape index (κ2) is 6.75. The van der Waals surface area contributed by atoms with E-state index < -0.39 is 0 Å². The van der Waals surface area contributed by atoms with Gasteiger partial charge in [0, 0.05) is 12.0 Å². The van der Waals surface area contributed by atoms with Crippen LogP contribution >= 0.6 is 0 Å². The molecule has 1 aliphatic rings. The number of carbonyl (C=O) groups excluding carboxylic acids is 1. The molecule has 1 saturated heterocycles. The van der Waals surface area contributed by atoms with Gasteiger partial charge in [-0.3, -0.25) is 4.79 Å². The fourth-order valence-electron chi connectivity index (χ4n) is 2.33. The molecule has 0 bridgehead atoms. The van der Waals surface area contributed by atoms with Crippen LogP contribution in [0.15, 0.2) is 24.3 Å². The molecule has 1 aromatic rings. The summed E-state index contributed by atoms with van der Waals surface area (Å²) in [4.78, 5) is 12.0. The van der Waals surface area contributed by atoms with E-state index in [-0.39, 0.29) is 18.1 Å². The topological polar surface area (TPSA) is 50.4 Å². The SMILES string of the molecule is CC(C)Oc1ccccc1C(C)NC(=O)CC1CNC1. The molecule has 0 aliphatic carbocycles. The van der Waals surface area contributed by atoms with Gasteiger partial charge >= 0.3 is 0 Å². The number of hydrogen-bond acceptors (Lipinski definition) is 3. The number of rotatable bonds is 6. The van der Waals surface area contributed by atoms with Gasteiger partial charge in [-0.2, -0.15) is 0 Å². The highest BCUT2D eigenvalue weighted by Gasteiger charge is 2.21. The van der Waals surface area contributed by atoms with E-state index in [9.17, 15) is 4.79 Å².